The normalized spacial score (nSPS) is 14.5. The summed E-state index contributed by atoms with van der Waals surface area (Å²) >= 11 is 22.4. The lowest BCUT2D eigenvalue weighted by Crippen LogP contribution is -2.55. The van der Waals surface area contributed by atoms with Crippen molar-refractivity contribution in [1.82, 2.24) is 25.4 Å². The van der Waals surface area contributed by atoms with Gasteiger partial charge in [0.1, 0.15) is 5.84 Å². The highest BCUT2D eigenvalue weighted by molar-refractivity contribution is 14.1. The standard InChI is InChI=1S/C25H25ClN6O6.C12H12ClIN2O.C7H4ClIO2.C5H12N2O/c1-25(2,3)24-29-22(38-31-24)15-11-13(5-7-16(15)26)32-8-9-36-19(23(32)35)18(33)21(34)28-12-4-6-14-17(10-12)37-30-20(14)27;1-12(2,3)11-15-10(17-16-11)8-6-7(14)4-5-9(8)13;8-6-2-1-4(9)3-5(6)7(10)11;1-5(2,3)4(6)7-8/h4-7,10-11,18-19,33H,8-9H2,1-3H3,(H2,27,30)(H,28,34);4-6H,1-3H3;1-3H,(H,10,11);8H,1-3H3,(H2,6,7)/t18-,19-;;;/m1.../s1. The molecule has 4 aromatic carbocycles. The van der Waals surface area contributed by atoms with Crippen molar-refractivity contribution in [3.05, 3.63) is 112 Å². The number of fused-ring (bicyclic) bond motifs is 1. The number of amidine groups is 1. The Morgan fingerprint density at radius 1 is 0.784 bits per heavy atom. The van der Waals surface area contributed by atoms with Crippen LogP contribution >= 0.6 is 80.0 Å². The van der Waals surface area contributed by atoms with Crippen molar-refractivity contribution < 1.29 is 48.1 Å². The van der Waals surface area contributed by atoms with E-state index in [2.05, 4.69) is 58.5 Å². The third-order valence-electron chi connectivity index (χ3n) is 10.3. The molecule has 0 saturated carbocycles. The van der Waals surface area contributed by atoms with Crippen LogP contribution in [-0.4, -0.2) is 89.8 Å². The van der Waals surface area contributed by atoms with Crippen molar-refractivity contribution in [3.63, 3.8) is 0 Å². The summed E-state index contributed by atoms with van der Waals surface area (Å²) in [5.74, 6) is -0.0494. The van der Waals surface area contributed by atoms with Gasteiger partial charge in [-0.15, -0.1) is 0 Å². The second-order valence-electron chi connectivity index (χ2n) is 19.3. The Morgan fingerprint density at radius 2 is 1.32 bits per heavy atom. The monoisotopic (exact) mass is 1300 g/mol. The van der Waals surface area contributed by atoms with Crippen LogP contribution in [0, 0.1) is 12.6 Å². The lowest BCUT2D eigenvalue weighted by molar-refractivity contribution is -0.150. The molecule has 8 rings (SSSR count). The Kier molecular flexibility index (Phi) is 19.9. The van der Waals surface area contributed by atoms with Crippen LogP contribution in [0.2, 0.25) is 15.1 Å². The Balaban J connectivity index is 0.000000229. The summed E-state index contributed by atoms with van der Waals surface area (Å²) in [4.78, 5) is 46.8. The molecule has 1 fully saturated rings. The van der Waals surface area contributed by atoms with Gasteiger partial charge in [0.25, 0.3) is 23.6 Å². The van der Waals surface area contributed by atoms with E-state index in [9.17, 15) is 19.5 Å². The van der Waals surface area contributed by atoms with Gasteiger partial charge in [-0.2, -0.15) is 9.97 Å². The second kappa shape index (κ2) is 24.8. The number of aromatic nitrogens is 5. The first-order valence-electron chi connectivity index (χ1n) is 22.2. The third kappa shape index (κ3) is 15.5. The van der Waals surface area contributed by atoms with Crippen molar-refractivity contribution in [2.75, 3.05) is 29.1 Å². The zero-order valence-corrected chi connectivity index (χ0v) is 48.0. The number of nitrogens with zero attached hydrogens (tertiary/aromatic N) is 7. The number of aromatic carboxylic acids is 1. The number of hydrogen-bond donors (Lipinski definition) is 6. The average Bonchev–Trinajstić information content (AvgIpc) is 4.12. The molecule has 8 N–H and O–H groups in total. The van der Waals surface area contributed by atoms with Gasteiger partial charge >= 0.3 is 5.97 Å². The van der Waals surface area contributed by atoms with E-state index in [4.69, 9.17) is 74.9 Å². The number of rotatable bonds is 7. The van der Waals surface area contributed by atoms with Gasteiger partial charge in [-0.05, 0) is 112 Å². The molecule has 2 amide bonds. The number of carboxylic acids is 1. The molecule has 0 spiro atoms. The SMILES string of the molecule is CC(C)(C)/C(N)=N/O.CC(C)(C)c1noc(-c2cc(I)ccc2Cl)n1.CC(C)(C)c1noc(-c2cc(N3CCO[C@H]([C@@H](O)C(=O)Nc4ccc5c(N)noc5c4)C3=O)ccc2Cl)n1.O=C(O)c1cc(I)ccc1Cl. The molecule has 1 saturated heterocycles. The van der Waals surface area contributed by atoms with Gasteiger partial charge < -0.3 is 55.4 Å². The van der Waals surface area contributed by atoms with E-state index in [-0.39, 0.29) is 57.5 Å². The van der Waals surface area contributed by atoms with Crippen LogP contribution in [-0.2, 0) is 25.2 Å². The van der Waals surface area contributed by atoms with E-state index < -0.39 is 30.0 Å². The predicted octanol–water partition coefficient (Wildman–Crippen LogP) is 10.9. The molecule has 74 heavy (non-hydrogen) atoms. The van der Waals surface area contributed by atoms with E-state index in [0.717, 1.165) is 12.7 Å². The molecule has 0 bridgehead atoms. The number of aliphatic hydroxyl groups is 1. The first kappa shape index (κ1) is 59.2. The van der Waals surface area contributed by atoms with Gasteiger partial charge in [-0.3, -0.25) is 9.59 Å². The molecule has 0 radical (unpaired) electrons. The molecule has 2 atom stereocenters. The van der Waals surface area contributed by atoms with Crippen molar-refractivity contribution >= 4 is 132 Å². The minimum Gasteiger partial charge on any atom is -0.478 e. The number of oxime groups is 1. The molecule has 0 unspecified atom stereocenters. The summed E-state index contributed by atoms with van der Waals surface area (Å²) in [6, 6.07) is 20.2. The number of nitrogens with two attached hydrogens (primary N) is 2. The van der Waals surface area contributed by atoms with Crippen LogP contribution in [0.3, 0.4) is 0 Å². The molecule has 20 nitrogen and oxygen atoms in total. The zero-order chi connectivity index (χ0) is 55.0. The fourth-order valence-corrected chi connectivity index (χ4v) is 7.65. The first-order chi connectivity index (χ1) is 34.5. The molecular weight excluding hydrogens is 1250 g/mol. The van der Waals surface area contributed by atoms with E-state index in [1.807, 2.05) is 103 Å². The number of benzene rings is 4. The highest BCUT2D eigenvalue weighted by Crippen LogP contribution is 2.34. The largest absolute Gasteiger partial charge is 0.478 e. The first-order valence-corrected chi connectivity index (χ1v) is 25.5. The van der Waals surface area contributed by atoms with Crippen LogP contribution in [0.15, 0.2) is 91.5 Å². The number of carbonyl (C=O) groups is 3. The Bertz CT molecular complexity index is 3160. The minimum atomic E-state index is -1.78. The van der Waals surface area contributed by atoms with Gasteiger partial charge in [0.15, 0.2) is 35.3 Å². The van der Waals surface area contributed by atoms with Crippen LogP contribution < -0.4 is 21.7 Å². The number of anilines is 3. The fraction of sp³-hybridized carbons (Fsp3) is 0.327. The van der Waals surface area contributed by atoms with Gasteiger partial charge in [-0.1, -0.05) is 118 Å². The number of hydrogen-bond acceptors (Lipinski definition) is 16. The van der Waals surface area contributed by atoms with Crippen molar-refractivity contribution in [2.45, 2.75) is 85.4 Å². The van der Waals surface area contributed by atoms with Gasteiger partial charge in [0, 0.05) is 47.4 Å². The van der Waals surface area contributed by atoms with Crippen LogP contribution in [0.1, 0.15) is 84.3 Å². The van der Waals surface area contributed by atoms with Crippen LogP contribution in [0.5, 0.6) is 0 Å². The lowest BCUT2D eigenvalue weighted by Gasteiger charge is -2.34. The zero-order valence-electron chi connectivity index (χ0n) is 41.4. The van der Waals surface area contributed by atoms with Gasteiger partial charge in [-0.25, -0.2) is 4.79 Å². The summed E-state index contributed by atoms with van der Waals surface area (Å²) in [6.45, 7) is 17.9. The molecule has 7 aromatic rings. The summed E-state index contributed by atoms with van der Waals surface area (Å²) in [6.07, 6.45) is -3.21. The second-order valence-corrected chi connectivity index (χ2v) is 23.0. The van der Waals surface area contributed by atoms with Gasteiger partial charge in [0.2, 0.25) is 0 Å². The number of carboxylic acid groups (broad SMARTS) is 1. The summed E-state index contributed by atoms with van der Waals surface area (Å²) in [5.41, 5.74) is 12.8. The number of aliphatic hydroxyl groups excluding tert-OH is 1. The average molecular weight is 1300 g/mol. The number of carbonyl (C=O) groups excluding carboxylic acids is 2. The summed E-state index contributed by atoms with van der Waals surface area (Å²) in [5, 5.41) is 46.4. The van der Waals surface area contributed by atoms with Crippen LogP contribution in [0.4, 0.5) is 17.2 Å². The number of nitrogens with one attached hydrogen (secondary N) is 1. The molecule has 25 heteroatoms. The number of halogens is 5. The van der Waals surface area contributed by atoms with E-state index in [1.165, 1.54) is 17.0 Å². The molecule has 0 aliphatic carbocycles. The smallest absolute Gasteiger partial charge is 0.337 e. The molecule has 1 aliphatic rings. The van der Waals surface area contributed by atoms with E-state index >= 15 is 0 Å². The lowest BCUT2D eigenvalue weighted by atomic mass is 9.96. The highest BCUT2D eigenvalue weighted by atomic mass is 127. The van der Waals surface area contributed by atoms with Crippen molar-refractivity contribution in [1.29, 1.82) is 0 Å². The van der Waals surface area contributed by atoms with E-state index in [0.29, 0.717) is 55.5 Å². The number of nitrogen functional groups attached to an aromatic ring is 1. The predicted molar refractivity (Wildman–Crippen MR) is 299 cm³/mol. The third-order valence-corrected chi connectivity index (χ3v) is 12.7. The molecule has 394 valence electrons. The van der Waals surface area contributed by atoms with Crippen molar-refractivity contribution in [2.24, 2.45) is 16.3 Å². The number of amides is 2. The molecule has 3 aromatic heterocycles. The maximum Gasteiger partial charge on any atom is 0.337 e. The maximum absolute atomic E-state index is 13.3. The highest BCUT2D eigenvalue weighted by Gasteiger charge is 2.40. The Morgan fingerprint density at radius 3 is 1.82 bits per heavy atom. The number of ether oxygens (including phenoxy) is 1. The van der Waals surface area contributed by atoms with Crippen LogP contribution in [0.25, 0.3) is 33.9 Å². The molecular formula is C49H53Cl3I2N10O10. The summed E-state index contributed by atoms with van der Waals surface area (Å²) < 4.78 is 23.2. The van der Waals surface area contributed by atoms with E-state index in [1.54, 1.807) is 42.5 Å². The molecule has 1 aliphatic heterocycles. The van der Waals surface area contributed by atoms with Crippen molar-refractivity contribution in [3.8, 4) is 22.9 Å². The Labute approximate surface area is 467 Å². The number of morpholine rings is 1. The topological polar surface area (TPSA) is 305 Å². The minimum absolute atomic E-state index is 0.0940. The maximum atomic E-state index is 13.3. The summed E-state index contributed by atoms with van der Waals surface area (Å²) in [7, 11) is 0. The molecule has 4 heterocycles. The van der Waals surface area contributed by atoms with Gasteiger partial charge in [0.05, 0.1) is 43.8 Å². The quantitative estimate of drug-likeness (QED) is 0.0284. The fourth-order valence-electron chi connectivity index (χ4n) is 6.07. The Hall–Kier alpha value is -5.64.